The first-order valence-corrected chi connectivity index (χ1v) is 8.18. The molecule has 0 spiro atoms. The largest absolute Gasteiger partial charge is 0.374 e. The summed E-state index contributed by atoms with van der Waals surface area (Å²) in [4.78, 5) is 14.3. The maximum Gasteiger partial charge on any atom is 0.323 e. The number of nitrogens with zero attached hydrogens (tertiary/aromatic N) is 6. The Morgan fingerprint density at radius 3 is 3.08 bits per heavy atom. The summed E-state index contributed by atoms with van der Waals surface area (Å²) < 4.78 is 9.36. The summed E-state index contributed by atoms with van der Waals surface area (Å²) >= 11 is 0. The van der Waals surface area contributed by atoms with Crippen LogP contribution in [0, 0.1) is 0 Å². The van der Waals surface area contributed by atoms with Crippen molar-refractivity contribution in [2.24, 2.45) is 0 Å². The van der Waals surface area contributed by atoms with Crippen LogP contribution in [0.3, 0.4) is 0 Å². The summed E-state index contributed by atoms with van der Waals surface area (Å²) in [5, 5.41) is 15.0. The van der Waals surface area contributed by atoms with E-state index in [1.807, 2.05) is 30.8 Å². The molecule has 1 aliphatic heterocycles. The molecule has 1 N–H and O–H groups in total. The summed E-state index contributed by atoms with van der Waals surface area (Å²) in [5.41, 5.74) is 0. The van der Waals surface area contributed by atoms with Crippen molar-refractivity contribution in [2.45, 2.75) is 39.0 Å². The molecule has 2 amide bonds. The summed E-state index contributed by atoms with van der Waals surface area (Å²) in [5.74, 6) is 0.461. The molecule has 1 fully saturated rings. The molecular formula is C15H23N7O2. The predicted octanol–water partition coefficient (Wildman–Crippen LogP) is 1.38. The van der Waals surface area contributed by atoms with Crippen LogP contribution in [0.4, 0.5) is 10.6 Å². The molecule has 2 aromatic heterocycles. The minimum Gasteiger partial charge on any atom is -0.374 e. The molecule has 9 heteroatoms. The van der Waals surface area contributed by atoms with Gasteiger partial charge in [-0.25, -0.2) is 9.48 Å². The normalized spacial score (nSPS) is 18.6. The molecule has 1 saturated heterocycles. The van der Waals surface area contributed by atoms with Crippen molar-refractivity contribution in [3.8, 4) is 0 Å². The first kappa shape index (κ1) is 16.4. The van der Waals surface area contributed by atoms with E-state index in [1.54, 1.807) is 22.0 Å². The first-order chi connectivity index (χ1) is 11.6. The number of aromatic nitrogens is 5. The highest BCUT2D eigenvalue weighted by Crippen LogP contribution is 2.11. The maximum absolute atomic E-state index is 12.5. The van der Waals surface area contributed by atoms with Gasteiger partial charge in [-0.3, -0.25) is 10.00 Å². The number of hydrogen-bond donors (Lipinski definition) is 1. The summed E-state index contributed by atoms with van der Waals surface area (Å²) in [6, 6.07) is 1.90. The molecule has 0 radical (unpaired) electrons. The SMILES string of the molecule is CC(C)n1cc(NC(=O)N2CCCO[C@@H](Cn3cccn3)C2)nn1. The van der Waals surface area contributed by atoms with Gasteiger partial charge in [0.2, 0.25) is 0 Å². The van der Waals surface area contributed by atoms with Gasteiger partial charge in [-0.1, -0.05) is 5.21 Å². The van der Waals surface area contributed by atoms with Gasteiger partial charge in [-0.2, -0.15) is 5.10 Å². The second-order valence-corrected chi connectivity index (χ2v) is 6.13. The van der Waals surface area contributed by atoms with E-state index in [4.69, 9.17) is 4.74 Å². The number of nitrogens with one attached hydrogen (secondary N) is 1. The predicted molar refractivity (Wildman–Crippen MR) is 87.6 cm³/mol. The Bertz CT molecular complexity index is 653. The van der Waals surface area contributed by atoms with Crippen molar-refractivity contribution in [1.29, 1.82) is 0 Å². The molecule has 3 heterocycles. The van der Waals surface area contributed by atoms with E-state index in [9.17, 15) is 4.79 Å². The Morgan fingerprint density at radius 1 is 1.50 bits per heavy atom. The van der Waals surface area contributed by atoms with Gasteiger partial charge in [0.05, 0.1) is 25.4 Å². The van der Waals surface area contributed by atoms with Gasteiger partial charge in [0.25, 0.3) is 0 Å². The zero-order chi connectivity index (χ0) is 16.9. The number of rotatable bonds is 4. The molecule has 0 unspecified atom stereocenters. The number of amides is 2. The van der Waals surface area contributed by atoms with Crippen LogP contribution in [0.5, 0.6) is 0 Å². The van der Waals surface area contributed by atoms with Gasteiger partial charge in [-0.15, -0.1) is 5.10 Å². The lowest BCUT2D eigenvalue weighted by atomic mass is 10.3. The Hall–Kier alpha value is -2.42. The van der Waals surface area contributed by atoms with Crippen LogP contribution in [-0.2, 0) is 11.3 Å². The second-order valence-electron chi connectivity index (χ2n) is 6.13. The maximum atomic E-state index is 12.5. The van der Waals surface area contributed by atoms with Gasteiger partial charge < -0.3 is 9.64 Å². The topological polar surface area (TPSA) is 90.1 Å². The Labute approximate surface area is 140 Å². The quantitative estimate of drug-likeness (QED) is 0.913. The van der Waals surface area contributed by atoms with Crippen LogP contribution in [0.25, 0.3) is 0 Å². The van der Waals surface area contributed by atoms with E-state index >= 15 is 0 Å². The Morgan fingerprint density at radius 2 is 2.38 bits per heavy atom. The summed E-state index contributed by atoms with van der Waals surface area (Å²) in [6.45, 7) is 6.45. The zero-order valence-corrected chi connectivity index (χ0v) is 14.0. The molecule has 1 atom stereocenters. The van der Waals surface area contributed by atoms with Gasteiger partial charge in [0.1, 0.15) is 0 Å². The smallest absolute Gasteiger partial charge is 0.323 e. The molecule has 0 aromatic carbocycles. The Balaban J connectivity index is 1.59. The van der Waals surface area contributed by atoms with Crippen LogP contribution in [0.2, 0.25) is 0 Å². The molecule has 2 aromatic rings. The molecule has 0 saturated carbocycles. The fourth-order valence-corrected chi connectivity index (χ4v) is 2.58. The highest BCUT2D eigenvalue weighted by molar-refractivity contribution is 5.88. The molecule has 0 aliphatic carbocycles. The third-order valence-corrected chi connectivity index (χ3v) is 3.86. The lowest BCUT2D eigenvalue weighted by Crippen LogP contribution is -2.41. The average Bonchev–Trinajstić information content (AvgIpc) is 3.16. The van der Waals surface area contributed by atoms with Crippen molar-refractivity contribution in [1.82, 2.24) is 29.7 Å². The molecule has 0 bridgehead atoms. The number of carbonyl (C=O) groups excluding carboxylic acids is 1. The van der Waals surface area contributed by atoms with E-state index < -0.39 is 0 Å². The minimum absolute atomic E-state index is 0.0792. The van der Waals surface area contributed by atoms with E-state index in [0.29, 0.717) is 32.1 Å². The lowest BCUT2D eigenvalue weighted by Gasteiger charge is -2.23. The van der Waals surface area contributed by atoms with E-state index in [-0.39, 0.29) is 18.2 Å². The van der Waals surface area contributed by atoms with Crippen LogP contribution >= 0.6 is 0 Å². The highest BCUT2D eigenvalue weighted by Gasteiger charge is 2.23. The highest BCUT2D eigenvalue weighted by atomic mass is 16.5. The van der Waals surface area contributed by atoms with Gasteiger partial charge in [0.15, 0.2) is 5.82 Å². The average molecular weight is 333 g/mol. The van der Waals surface area contributed by atoms with Crippen molar-refractivity contribution in [3.63, 3.8) is 0 Å². The number of ether oxygens (including phenoxy) is 1. The standard InChI is InChI=1S/C15H23N7O2/c1-12(2)22-11-14(18-19-22)17-15(23)20-6-4-8-24-13(9-20)10-21-7-3-5-16-21/h3,5,7,11-13H,4,6,8-10H2,1-2H3,(H,17,23)/t13-/m1/s1. The van der Waals surface area contributed by atoms with Crippen LogP contribution in [-0.4, -0.2) is 61.5 Å². The molecule has 9 nitrogen and oxygen atoms in total. The molecular weight excluding hydrogens is 310 g/mol. The van der Waals surface area contributed by atoms with Crippen molar-refractivity contribution >= 4 is 11.8 Å². The number of urea groups is 1. The van der Waals surface area contributed by atoms with Gasteiger partial charge in [0, 0.05) is 31.6 Å². The molecule has 3 rings (SSSR count). The third kappa shape index (κ3) is 4.10. The zero-order valence-electron chi connectivity index (χ0n) is 14.0. The fourth-order valence-electron chi connectivity index (χ4n) is 2.58. The number of anilines is 1. The first-order valence-electron chi connectivity index (χ1n) is 8.18. The summed E-state index contributed by atoms with van der Waals surface area (Å²) in [6.07, 6.45) is 6.09. The van der Waals surface area contributed by atoms with E-state index in [2.05, 4.69) is 20.7 Å². The van der Waals surface area contributed by atoms with Crippen LogP contribution in [0.1, 0.15) is 26.3 Å². The molecule has 24 heavy (non-hydrogen) atoms. The number of carbonyl (C=O) groups is 1. The van der Waals surface area contributed by atoms with Crippen molar-refractivity contribution in [3.05, 3.63) is 24.7 Å². The van der Waals surface area contributed by atoms with Crippen LogP contribution in [0.15, 0.2) is 24.7 Å². The van der Waals surface area contributed by atoms with E-state index in [0.717, 1.165) is 6.42 Å². The van der Waals surface area contributed by atoms with Crippen molar-refractivity contribution < 1.29 is 9.53 Å². The molecule has 130 valence electrons. The van der Waals surface area contributed by atoms with Gasteiger partial charge in [-0.05, 0) is 26.3 Å². The second kappa shape index (κ2) is 7.43. The minimum atomic E-state index is -0.179. The monoisotopic (exact) mass is 333 g/mol. The lowest BCUT2D eigenvalue weighted by molar-refractivity contribution is 0.0442. The molecule has 1 aliphatic rings. The Kier molecular flexibility index (Phi) is 5.09. The fraction of sp³-hybridized carbons (Fsp3) is 0.600. The number of hydrogen-bond acceptors (Lipinski definition) is 5. The van der Waals surface area contributed by atoms with Crippen LogP contribution < -0.4 is 5.32 Å². The third-order valence-electron chi connectivity index (χ3n) is 3.86. The van der Waals surface area contributed by atoms with E-state index in [1.165, 1.54) is 0 Å². The van der Waals surface area contributed by atoms with Crippen molar-refractivity contribution in [2.75, 3.05) is 25.0 Å². The summed E-state index contributed by atoms with van der Waals surface area (Å²) in [7, 11) is 0. The van der Waals surface area contributed by atoms with Gasteiger partial charge >= 0.3 is 6.03 Å².